The van der Waals surface area contributed by atoms with Crippen LogP contribution < -0.4 is 9.80 Å². The number of fused-ring (bicyclic) bond motifs is 8. The first-order valence-corrected chi connectivity index (χ1v) is 33.4. The number of nitrogens with zero attached hydrogens (tertiary/aromatic N) is 13. The lowest BCUT2D eigenvalue weighted by Crippen LogP contribution is -2.15. The normalized spacial score (nSPS) is 13.0. The molecule has 13 heterocycles. The fourth-order valence-electron chi connectivity index (χ4n) is 12.8. The first-order chi connectivity index (χ1) is 47.0. The van der Waals surface area contributed by atoms with Crippen LogP contribution in [0.2, 0.25) is 0 Å². The molecular weight excluding hydrogens is 1270 g/mol. The van der Waals surface area contributed by atoms with E-state index in [4.69, 9.17) is 19.9 Å². The van der Waals surface area contributed by atoms with E-state index >= 15 is 0 Å². The summed E-state index contributed by atoms with van der Waals surface area (Å²) in [6.07, 6.45) is 24.2. The highest BCUT2D eigenvalue weighted by molar-refractivity contribution is 9.10. The lowest BCUT2D eigenvalue weighted by atomic mass is 10.0. The van der Waals surface area contributed by atoms with Crippen LogP contribution in [0.25, 0.3) is 79.5 Å². The molecule has 0 bridgehead atoms. The van der Waals surface area contributed by atoms with Gasteiger partial charge in [0.1, 0.15) is 11.3 Å². The Labute approximate surface area is 564 Å². The van der Waals surface area contributed by atoms with Crippen LogP contribution in [0.5, 0.6) is 0 Å². The van der Waals surface area contributed by atoms with Gasteiger partial charge in [0.2, 0.25) is 0 Å². The molecule has 2 aliphatic heterocycles. The molecule has 0 saturated carbocycles. The number of aromatic nitrogens is 11. The molecule has 0 saturated heterocycles. The zero-order valence-corrected chi connectivity index (χ0v) is 53.9. The smallest absolute Gasteiger partial charge is 0.144 e. The number of benzene rings is 4. The molecule has 2 aliphatic carbocycles. The van der Waals surface area contributed by atoms with Gasteiger partial charge in [-0.15, -0.1) is 0 Å². The summed E-state index contributed by atoms with van der Waals surface area (Å²) in [6, 6.07) is 75.8. The second-order valence-corrected chi connectivity index (χ2v) is 25.9. The van der Waals surface area contributed by atoms with Gasteiger partial charge in [0.15, 0.2) is 0 Å². The van der Waals surface area contributed by atoms with Crippen molar-refractivity contribution in [3.8, 4) is 34.2 Å². The summed E-state index contributed by atoms with van der Waals surface area (Å²) in [7, 11) is 0. The summed E-state index contributed by atoms with van der Waals surface area (Å²) in [5.41, 5.74) is 22.7. The van der Waals surface area contributed by atoms with Crippen LogP contribution in [0.4, 0.5) is 34.1 Å². The Kier molecular flexibility index (Phi) is 15.1. The molecule has 15 aromatic rings. The number of pyridine rings is 9. The van der Waals surface area contributed by atoms with Gasteiger partial charge in [-0.3, -0.25) is 34.1 Å². The van der Waals surface area contributed by atoms with E-state index in [1.807, 2.05) is 122 Å². The van der Waals surface area contributed by atoms with Crippen molar-refractivity contribution in [1.82, 2.24) is 54.0 Å². The van der Waals surface area contributed by atoms with E-state index in [9.17, 15) is 0 Å². The van der Waals surface area contributed by atoms with Crippen LogP contribution in [-0.4, -0.2) is 54.0 Å². The van der Waals surface area contributed by atoms with Crippen LogP contribution >= 0.6 is 39.5 Å². The molecule has 16 heteroatoms. The van der Waals surface area contributed by atoms with Crippen LogP contribution in [0.15, 0.2) is 304 Å². The highest BCUT2D eigenvalue weighted by Gasteiger charge is 2.30. The van der Waals surface area contributed by atoms with Gasteiger partial charge < -0.3 is 9.80 Å². The standard InChI is InChI=1S/C41H26N8S.C33H22N4S.C5H4BrN/c1-3-11-38-34(9-1)47(35-10-2-4-12-39(35)50-38)31-25-32(36-23-27-7-5-17-44-40(27)48(36)29-13-19-42-20-14-29)46-33(26-31)37-24-28-8-6-18-45-41(28)49(37)30-15-21-43-22-16-30;1-3-11-32-30(9-1)37(31-10-2-4-12-33(31)38-32)25-19-28(23-15-21-7-5-13-34-26(21)17-23)36-29(20-25)24-16-22-8-6-14-35-27(22)18-24;6-5-1-3-7-4-2-5/h1-26H;1-16,19-20H,17-18H2;1-4H. The minimum absolute atomic E-state index is 0.788. The van der Waals surface area contributed by atoms with Gasteiger partial charge in [0, 0.05) is 110 Å². The van der Waals surface area contributed by atoms with Crippen LogP contribution in [0, 0.1) is 0 Å². The molecule has 11 aromatic heterocycles. The van der Waals surface area contributed by atoms with Crippen molar-refractivity contribution in [2.24, 2.45) is 0 Å². The average Bonchev–Trinajstić information content (AvgIpc) is 1.76. The molecule has 4 aromatic carbocycles. The van der Waals surface area contributed by atoms with Crippen LogP contribution in [0.1, 0.15) is 33.9 Å². The Bertz CT molecular complexity index is 5200. The van der Waals surface area contributed by atoms with Crippen molar-refractivity contribution >= 4 is 119 Å². The lowest BCUT2D eigenvalue weighted by Gasteiger charge is -2.33. The SMILES string of the molecule is Brc1ccncc1.C1=C(c2cc(N3c4ccccc4Sc4ccccc43)cc(C3=Cc4cccnc4C3)n2)Cc2ncccc21.c1ccc2c(c1)Sc1ccccc1N2c1cc(-c2cc3cccnc3n2-c2ccncc2)nc(-c2cc3cccnc3n2-c2ccncc2)c1. The molecule has 0 radical (unpaired) electrons. The number of anilines is 6. The van der Waals surface area contributed by atoms with Crippen molar-refractivity contribution < 1.29 is 0 Å². The third-order valence-corrected chi connectivity index (χ3v) is 19.8. The third kappa shape index (κ3) is 11.0. The van der Waals surface area contributed by atoms with E-state index in [-0.39, 0.29) is 0 Å². The molecule has 452 valence electrons. The fraction of sp³-hybridized carbons (Fsp3) is 0.0253. The number of hydrogen-bond donors (Lipinski definition) is 0. The minimum Gasteiger partial charge on any atom is -0.308 e. The zero-order chi connectivity index (χ0) is 63.2. The summed E-state index contributed by atoms with van der Waals surface area (Å²) in [6.45, 7) is 0. The van der Waals surface area contributed by atoms with Gasteiger partial charge in [-0.1, -0.05) is 100 Å². The van der Waals surface area contributed by atoms with E-state index in [0.717, 1.165) is 119 Å². The van der Waals surface area contributed by atoms with E-state index in [2.05, 4.69) is 230 Å². The Balaban J connectivity index is 0.000000134. The van der Waals surface area contributed by atoms with Crippen molar-refractivity contribution in [2.75, 3.05) is 9.80 Å². The van der Waals surface area contributed by atoms with E-state index in [1.54, 1.807) is 24.2 Å². The Morgan fingerprint density at radius 2 is 0.684 bits per heavy atom. The summed E-state index contributed by atoms with van der Waals surface area (Å²) >= 11 is 6.89. The van der Waals surface area contributed by atoms with Crippen molar-refractivity contribution in [3.63, 3.8) is 0 Å². The largest absolute Gasteiger partial charge is 0.308 e. The second kappa shape index (κ2) is 24.9. The number of rotatable bonds is 8. The van der Waals surface area contributed by atoms with Crippen molar-refractivity contribution in [2.45, 2.75) is 32.4 Å². The monoisotopic (exact) mass is 1330 g/mol. The van der Waals surface area contributed by atoms with E-state index in [0.29, 0.717) is 0 Å². The van der Waals surface area contributed by atoms with Gasteiger partial charge in [-0.2, -0.15) is 0 Å². The molecule has 4 aliphatic rings. The molecule has 0 N–H and O–H groups in total. The maximum Gasteiger partial charge on any atom is 0.144 e. The molecule has 19 rings (SSSR count). The van der Waals surface area contributed by atoms with Crippen molar-refractivity contribution in [1.29, 1.82) is 0 Å². The second-order valence-electron chi connectivity index (χ2n) is 22.8. The topological polar surface area (TPSA) is 132 Å². The van der Waals surface area contributed by atoms with Gasteiger partial charge in [-0.05, 0) is 192 Å². The van der Waals surface area contributed by atoms with Gasteiger partial charge in [0.05, 0.1) is 91.1 Å². The first kappa shape index (κ1) is 57.5. The van der Waals surface area contributed by atoms with E-state index in [1.165, 1.54) is 53.2 Å². The maximum atomic E-state index is 5.48. The Hall–Kier alpha value is -11.4. The Morgan fingerprint density at radius 3 is 1.07 bits per heavy atom. The van der Waals surface area contributed by atoms with Crippen LogP contribution in [0.3, 0.4) is 0 Å². The first-order valence-electron chi connectivity index (χ1n) is 31.0. The zero-order valence-electron chi connectivity index (χ0n) is 50.6. The molecule has 0 amide bonds. The molecule has 0 unspecified atom stereocenters. The lowest BCUT2D eigenvalue weighted by molar-refractivity contribution is 1.06. The predicted molar refractivity (Wildman–Crippen MR) is 385 cm³/mol. The number of hydrogen-bond acceptors (Lipinski definition) is 13. The summed E-state index contributed by atoms with van der Waals surface area (Å²) in [5.74, 6) is 0. The average molecular weight is 1330 g/mol. The molecule has 0 atom stereocenters. The molecule has 0 fully saturated rings. The van der Waals surface area contributed by atoms with Crippen LogP contribution in [-0.2, 0) is 12.8 Å². The van der Waals surface area contributed by atoms with E-state index < -0.39 is 0 Å². The van der Waals surface area contributed by atoms with Crippen molar-refractivity contribution in [3.05, 3.63) is 319 Å². The third-order valence-electron chi connectivity index (χ3n) is 17.0. The summed E-state index contributed by atoms with van der Waals surface area (Å²) < 4.78 is 5.41. The Morgan fingerprint density at radius 1 is 0.326 bits per heavy atom. The van der Waals surface area contributed by atoms with Gasteiger partial charge in [-0.25, -0.2) is 19.9 Å². The molecule has 13 nitrogen and oxygen atoms in total. The highest BCUT2D eigenvalue weighted by Crippen LogP contribution is 2.54. The number of para-hydroxylation sites is 4. The number of halogens is 1. The predicted octanol–water partition coefficient (Wildman–Crippen LogP) is 19.7. The summed E-state index contributed by atoms with van der Waals surface area (Å²) in [5, 5.41) is 2.04. The highest BCUT2D eigenvalue weighted by atomic mass is 79.9. The summed E-state index contributed by atoms with van der Waals surface area (Å²) in [4.78, 5) is 51.6. The van der Waals surface area contributed by atoms with Gasteiger partial charge >= 0.3 is 0 Å². The molecule has 95 heavy (non-hydrogen) atoms. The van der Waals surface area contributed by atoms with Gasteiger partial charge in [0.25, 0.3) is 0 Å². The fourth-order valence-corrected chi connectivity index (χ4v) is 15.1. The maximum absolute atomic E-state index is 5.48. The number of allylic oxidation sites excluding steroid dienone is 2. The minimum atomic E-state index is 0.788. The quantitative estimate of drug-likeness (QED) is 0.143. The molecular formula is C79H52BrN13S2. The molecule has 0 spiro atoms.